The van der Waals surface area contributed by atoms with Crippen molar-refractivity contribution >= 4 is 21.6 Å². The molecule has 0 aliphatic carbocycles. The van der Waals surface area contributed by atoms with Gasteiger partial charge in [0.15, 0.2) is 5.03 Å². The molecule has 0 spiro atoms. The molecule has 16 heteroatoms. The number of sulfone groups is 1. The van der Waals surface area contributed by atoms with Crippen molar-refractivity contribution in [1.82, 2.24) is 20.3 Å². The fourth-order valence-electron chi connectivity index (χ4n) is 2.96. The molecule has 3 rings (SSSR count). The van der Waals surface area contributed by atoms with Gasteiger partial charge in [0.2, 0.25) is 15.8 Å². The molecule has 0 saturated carbocycles. The van der Waals surface area contributed by atoms with Crippen molar-refractivity contribution in [2.75, 3.05) is 36.8 Å². The van der Waals surface area contributed by atoms with Crippen LogP contribution in [0.1, 0.15) is 5.56 Å². The molecule has 0 aromatic carbocycles. The normalized spacial score (nSPS) is 16.3. The van der Waals surface area contributed by atoms with Crippen molar-refractivity contribution in [3.63, 3.8) is 0 Å². The third-order valence-electron chi connectivity index (χ3n) is 4.68. The number of aliphatic hydroxyl groups is 1. The smallest absolute Gasteiger partial charge is 0.384 e. The van der Waals surface area contributed by atoms with Crippen molar-refractivity contribution in [3.05, 3.63) is 30.1 Å². The van der Waals surface area contributed by atoms with Crippen LogP contribution in [0.4, 0.5) is 38.1 Å². The molecule has 1 aliphatic heterocycles. The predicted octanol–water partition coefficient (Wildman–Crippen LogP) is 1.01. The SMILES string of the molecule is Nc1ccc(S(=O)(=O)c2nc(N3CCNCC3)ncc2C(O)(C(F)(F)F)C(F)(F)F)cn1. The second-order valence-electron chi connectivity index (χ2n) is 6.75. The van der Waals surface area contributed by atoms with E-state index in [0.29, 0.717) is 19.3 Å². The first-order valence-electron chi connectivity index (χ1n) is 8.85. The van der Waals surface area contributed by atoms with Gasteiger partial charge in [-0.1, -0.05) is 0 Å². The predicted molar refractivity (Wildman–Crippen MR) is 97.2 cm³/mol. The summed E-state index contributed by atoms with van der Waals surface area (Å²) in [6.45, 7) is 1.21. The highest BCUT2D eigenvalue weighted by Gasteiger charge is 2.73. The van der Waals surface area contributed by atoms with Gasteiger partial charge in [-0.05, 0) is 12.1 Å². The number of nitrogens with zero attached hydrogens (tertiary/aromatic N) is 4. The standard InChI is InChI=1S/C16H16F6N6O3S/c17-15(18,19)14(29,16(20,21)22)10-8-26-13(28-5-3-24-4-6-28)27-12(10)32(30,31)9-1-2-11(23)25-7-9/h1-2,7-8,24,29H,3-6H2,(H2,23,25). The lowest BCUT2D eigenvalue weighted by molar-refractivity contribution is -0.377. The van der Waals surface area contributed by atoms with E-state index in [-0.39, 0.29) is 25.1 Å². The summed E-state index contributed by atoms with van der Waals surface area (Å²) in [5, 5.41) is 11.2. The summed E-state index contributed by atoms with van der Waals surface area (Å²) in [7, 11) is -5.12. The lowest BCUT2D eigenvalue weighted by Crippen LogP contribution is -2.54. The van der Waals surface area contributed by atoms with Crippen molar-refractivity contribution in [1.29, 1.82) is 0 Å². The molecule has 4 N–H and O–H groups in total. The average Bonchev–Trinajstić information content (AvgIpc) is 2.72. The van der Waals surface area contributed by atoms with Gasteiger partial charge in [0.1, 0.15) is 5.82 Å². The van der Waals surface area contributed by atoms with Crippen LogP contribution >= 0.6 is 0 Å². The van der Waals surface area contributed by atoms with Gasteiger partial charge in [0, 0.05) is 38.6 Å². The first-order valence-corrected chi connectivity index (χ1v) is 10.3. The number of pyridine rings is 1. The maximum atomic E-state index is 13.5. The Labute approximate surface area is 177 Å². The van der Waals surface area contributed by atoms with Crippen LogP contribution in [-0.4, -0.2) is 67.0 Å². The summed E-state index contributed by atoms with van der Waals surface area (Å²) in [5.41, 5.74) is -2.26. The quantitative estimate of drug-likeness (QED) is 0.428. The van der Waals surface area contributed by atoms with E-state index in [1.54, 1.807) is 0 Å². The fraction of sp³-hybridized carbons (Fsp3) is 0.438. The number of aromatic nitrogens is 3. The number of alkyl halides is 6. The number of hydrogen-bond donors (Lipinski definition) is 3. The summed E-state index contributed by atoms with van der Waals surface area (Å²) in [4.78, 5) is 11.1. The van der Waals surface area contributed by atoms with Gasteiger partial charge in [-0.25, -0.2) is 23.4 Å². The van der Waals surface area contributed by atoms with Gasteiger partial charge < -0.3 is 21.1 Å². The zero-order valence-corrected chi connectivity index (χ0v) is 16.8. The van der Waals surface area contributed by atoms with E-state index >= 15 is 0 Å². The Balaban J connectivity index is 2.31. The summed E-state index contributed by atoms with van der Waals surface area (Å²) < 4.78 is 107. The van der Waals surface area contributed by atoms with Gasteiger partial charge >= 0.3 is 12.4 Å². The number of halogens is 6. The van der Waals surface area contributed by atoms with Gasteiger partial charge in [-0.2, -0.15) is 26.3 Å². The van der Waals surface area contributed by atoms with Crippen LogP contribution < -0.4 is 16.0 Å². The molecule has 0 amide bonds. The number of nitrogens with two attached hydrogens (primary N) is 1. The largest absolute Gasteiger partial charge is 0.430 e. The van der Waals surface area contributed by atoms with Crippen LogP contribution in [-0.2, 0) is 15.4 Å². The molecule has 0 atom stereocenters. The number of hydrogen-bond acceptors (Lipinski definition) is 9. The van der Waals surface area contributed by atoms with Crippen LogP contribution in [0.15, 0.2) is 34.4 Å². The zero-order chi connectivity index (χ0) is 23.9. The highest BCUT2D eigenvalue weighted by atomic mass is 32.2. The first kappa shape index (κ1) is 23.9. The molecule has 176 valence electrons. The number of piperazine rings is 1. The van der Waals surface area contributed by atoms with Gasteiger partial charge in [0.05, 0.1) is 10.5 Å². The molecule has 3 heterocycles. The summed E-state index contributed by atoms with van der Waals surface area (Å²) in [6.07, 6.45) is -12.0. The monoisotopic (exact) mass is 486 g/mol. The van der Waals surface area contributed by atoms with E-state index in [4.69, 9.17) is 5.73 Å². The Morgan fingerprint density at radius 3 is 2.09 bits per heavy atom. The molecular formula is C16H16F6N6O3S. The van der Waals surface area contributed by atoms with Gasteiger partial charge in [-0.15, -0.1) is 0 Å². The van der Waals surface area contributed by atoms with Crippen LogP contribution in [0.3, 0.4) is 0 Å². The zero-order valence-electron chi connectivity index (χ0n) is 15.9. The topological polar surface area (TPSA) is 134 Å². The highest BCUT2D eigenvalue weighted by Crippen LogP contribution is 2.51. The van der Waals surface area contributed by atoms with E-state index in [1.807, 2.05) is 0 Å². The Morgan fingerprint density at radius 1 is 1.00 bits per heavy atom. The lowest BCUT2D eigenvalue weighted by atomic mass is 9.95. The third kappa shape index (κ3) is 4.04. The molecule has 0 bridgehead atoms. The van der Waals surface area contributed by atoms with E-state index in [0.717, 1.165) is 12.1 Å². The molecule has 1 aliphatic rings. The highest BCUT2D eigenvalue weighted by molar-refractivity contribution is 7.91. The maximum Gasteiger partial charge on any atom is 0.430 e. The second kappa shape index (κ2) is 8.00. The van der Waals surface area contributed by atoms with Crippen LogP contribution in [0, 0.1) is 0 Å². The van der Waals surface area contributed by atoms with Gasteiger partial charge in [-0.3, -0.25) is 0 Å². The molecule has 0 unspecified atom stereocenters. The van der Waals surface area contributed by atoms with Crippen LogP contribution in [0.5, 0.6) is 0 Å². The van der Waals surface area contributed by atoms with E-state index in [1.165, 1.54) is 4.90 Å². The Hall–Kier alpha value is -2.72. The van der Waals surface area contributed by atoms with E-state index in [9.17, 15) is 39.9 Å². The first-order chi connectivity index (χ1) is 14.7. The minimum Gasteiger partial charge on any atom is -0.384 e. The second-order valence-corrected chi connectivity index (χ2v) is 8.62. The minimum atomic E-state index is -6.34. The van der Waals surface area contributed by atoms with E-state index in [2.05, 4.69) is 20.3 Å². The van der Waals surface area contributed by atoms with Crippen LogP contribution in [0.2, 0.25) is 0 Å². The van der Waals surface area contributed by atoms with Crippen molar-refractivity contribution in [2.24, 2.45) is 0 Å². The molecule has 2 aromatic rings. The van der Waals surface area contributed by atoms with Crippen molar-refractivity contribution in [2.45, 2.75) is 27.9 Å². The number of anilines is 2. The third-order valence-corrected chi connectivity index (χ3v) is 6.36. The van der Waals surface area contributed by atoms with Crippen molar-refractivity contribution < 1.29 is 39.9 Å². The molecule has 2 aromatic heterocycles. The number of nitrogen functional groups attached to an aromatic ring is 1. The average molecular weight is 486 g/mol. The molecule has 32 heavy (non-hydrogen) atoms. The molecule has 1 fully saturated rings. The maximum absolute atomic E-state index is 13.5. The Kier molecular flexibility index (Phi) is 5.99. The molecule has 9 nitrogen and oxygen atoms in total. The summed E-state index contributed by atoms with van der Waals surface area (Å²) >= 11 is 0. The Bertz CT molecular complexity index is 1070. The van der Waals surface area contributed by atoms with Crippen molar-refractivity contribution in [3.8, 4) is 0 Å². The number of nitrogens with one attached hydrogen (secondary N) is 1. The Morgan fingerprint density at radius 2 is 1.59 bits per heavy atom. The van der Waals surface area contributed by atoms with E-state index < -0.39 is 49.2 Å². The minimum absolute atomic E-state index is 0.0307. The molecular weight excluding hydrogens is 470 g/mol. The van der Waals surface area contributed by atoms with Gasteiger partial charge in [0.25, 0.3) is 5.60 Å². The molecule has 1 saturated heterocycles. The summed E-state index contributed by atoms with van der Waals surface area (Å²) in [6, 6.07) is 1.83. The number of rotatable bonds is 4. The fourth-order valence-corrected chi connectivity index (χ4v) is 4.31. The lowest BCUT2D eigenvalue weighted by Gasteiger charge is -2.34. The summed E-state index contributed by atoms with van der Waals surface area (Å²) in [5.74, 6) is -0.556. The molecule has 0 radical (unpaired) electrons. The van der Waals surface area contributed by atoms with Crippen LogP contribution in [0.25, 0.3) is 0 Å².